The lowest BCUT2D eigenvalue weighted by atomic mass is 9.90. The number of nitrogens with one attached hydrogen (secondary N) is 6. The van der Waals surface area contributed by atoms with Crippen molar-refractivity contribution in [2.45, 2.75) is 56.1 Å². The van der Waals surface area contributed by atoms with E-state index >= 15 is 0 Å². The highest BCUT2D eigenvalue weighted by atomic mass is 35.5. The standard InChI is InChI=1S/C43H47ClN8O5/c44-32-9-7-29(8-10-32)23-43(27-53,52-42(57)39(51-40(55)6-3-16-45)21-31-25-49-37-12-11-33(54)22-35(31)37)26-50-38(20-28-13-17-46-18-14-28)41(56)47-19-15-30-24-48-36-5-2-1-4-34(30)36/h1-2,4-5,7-14,17-18,22,24-25,27,38-39,48-50,54H,3,6,15-16,19-21,23,26,45H2,(H,47,56)(H,51,55)(H,52,57)/t38?,39-,43+/m0/s1. The van der Waals surface area contributed by atoms with Gasteiger partial charge in [-0.15, -0.1) is 0 Å². The third kappa shape index (κ3) is 10.8. The molecule has 14 heteroatoms. The van der Waals surface area contributed by atoms with E-state index in [1.54, 1.807) is 61.1 Å². The average molecular weight is 791 g/mol. The molecule has 3 aromatic heterocycles. The number of hydrogen-bond acceptors (Lipinski definition) is 8. The molecular weight excluding hydrogens is 744 g/mol. The molecule has 57 heavy (non-hydrogen) atoms. The van der Waals surface area contributed by atoms with Gasteiger partial charge < -0.3 is 46.9 Å². The molecule has 3 atom stereocenters. The van der Waals surface area contributed by atoms with Gasteiger partial charge in [-0.05, 0) is 96.6 Å². The Morgan fingerprint density at radius 1 is 0.860 bits per heavy atom. The summed E-state index contributed by atoms with van der Waals surface area (Å²) in [7, 11) is 0. The first-order valence-corrected chi connectivity index (χ1v) is 19.3. The highest BCUT2D eigenvalue weighted by Gasteiger charge is 2.36. The van der Waals surface area contributed by atoms with Gasteiger partial charge in [-0.1, -0.05) is 41.9 Å². The maximum Gasteiger partial charge on any atom is 0.243 e. The Balaban J connectivity index is 1.25. The smallest absolute Gasteiger partial charge is 0.243 e. The van der Waals surface area contributed by atoms with Gasteiger partial charge in [0.2, 0.25) is 17.7 Å². The van der Waals surface area contributed by atoms with Gasteiger partial charge >= 0.3 is 0 Å². The molecule has 3 amide bonds. The highest BCUT2D eigenvalue weighted by Crippen LogP contribution is 2.25. The zero-order chi connectivity index (χ0) is 40.2. The van der Waals surface area contributed by atoms with Gasteiger partial charge in [-0.2, -0.15) is 0 Å². The first kappa shape index (κ1) is 40.6. The van der Waals surface area contributed by atoms with Crippen molar-refractivity contribution in [2.24, 2.45) is 5.73 Å². The quantitative estimate of drug-likeness (QED) is 0.0529. The number of fused-ring (bicyclic) bond motifs is 2. The largest absolute Gasteiger partial charge is 0.508 e. The van der Waals surface area contributed by atoms with Crippen LogP contribution in [-0.2, 0) is 44.9 Å². The summed E-state index contributed by atoms with van der Waals surface area (Å²) < 4.78 is 0. The zero-order valence-electron chi connectivity index (χ0n) is 31.4. The van der Waals surface area contributed by atoms with Crippen LogP contribution in [-0.4, -0.2) is 81.3 Å². The molecule has 13 nitrogen and oxygen atoms in total. The van der Waals surface area contributed by atoms with E-state index < -0.39 is 23.5 Å². The topological polar surface area (TPSA) is 207 Å². The van der Waals surface area contributed by atoms with Crippen LogP contribution in [0.2, 0.25) is 5.02 Å². The number of benzene rings is 3. The second-order valence-electron chi connectivity index (χ2n) is 14.2. The molecule has 296 valence electrons. The van der Waals surface area contributed by atoms with Crippen LogP contribution in [0, 0.1) is 0 Å². The third-order valence-electron chi connectivity index (χ3n) is 10.0. The van der Waals surface area contributed by atoms with Crippen LogP contribution in [0.3, 0.4) is 0 Å². The van der Waals surface area contributed by atoms with E-state index in [4.69, 9.17) is 17.3 Å². The summed E-state index contributed by atoms with van der Waals surface area (Å²) in [4.78, 5) is 65.3. The average Bonchev–Trinajstić information content (AvgIpc) is 3.82. The number of H-pyrrole nitrogens is 2. The van der Waals surface area contributed by atoms with Crippen molar-refractivity contribution < 1.29 is 24.3 Å². The van der Waals surface area contributed by atoms with Crippen molar-refractivity contribution in [3.05, 3.63) is 131 Å². The molecule has 3 heterocycles. The second-order valence-corrected chi connectivity index (χ2v) is 14.7. The number of amides is 3. The number of rotatable bonds is 20. The van der Waals surface area contributed by atoms with Crippen LogP contribution in [0.25, 0.3) is 21.8 Å². The lowest BCUT2D eigenvalue weighted by Gasteiger charge is -2.33. The Bertz CT molecular complexity index is 2290. The third-order valence-corrected chi connectivity index (χ3v) is 10.3. The number of nitrogens with two attached hydrogens (primary N) is 1. The van der Waals surface area contributed by atoms with E-state index in [0.29, 0.717) is 53.8 Å². The van der Waals surface area contributed by atoms with Gasteiger partial charge in [0.15, 0.2) is 0 Å². The fourth-order valence-electron chi connectivity index (χ4n) is 6.96. The van der Waals surface area contributed by atoms with Crippen molar-refractivity contribution in [2.75, 3.05) is 19.6 Å². The van der Waals surface area contributed by atoms with Gasteiger partial charge in [0.1, 0.15) is 23.6 Å². The van der Waals surface area contributed by atoms with Gasteiger partial charge in [0, 0.05) is 84.0 Å². The molecule has 0 aliphatic rings. The second kappa shape index (κ2) is 19.2. The number of phenolic OH excluding ortho intramolecular Hbond substituents is 1. The molecular formula is C43H47ClN8O5. The number of aldehydes is 1. The molecule has 0 fully saturated rings. The molecule has 0 radical (unpaired) electrons. The van der Waals surface area contributed by atoms with Crippen LogP contribution < -0.4 is 27.0 Å². The van der Waals surface area contributed by atoms with Crippen LogP contribution in [0.1, 0.15) is 35.1 Å². The highest BCUT2D eigenvalue weighted by molar-refractivity contribution is 6.30. The van der Waals surface area contributed by atoms with Crippen molar-refractivity contribution in [1.29, 1.82) is 0 Å². The number of para-hydroxylation sites is 1. The molecule has 3 aromatic carbocycles. The Morgan fingerprint density at radius 2 is 1.60 bits per heavy atom. The summed E-state index contributed by atoms with van der Waals surface area (Å²) in [5, 5.41) is 24.7. The number of carbonyl (C=O) groups excluding carboxylic acids is 4. The molecule has 0 saturated heterocycles. The summed E-state index contributed by atoms with van der Waals surface area (Å²) >= 11 is 6.20. The Morgan fingerprint density at radius 3 is 2.35 bits per heavy atom. The Labute approximate surface area is 335 Å². The molecule has 0 bridgehead atoms. The van der Waals surface area contributed by atoms with Crippen LogP contribution in [0.15, 0.2) is 104 Å². The van der Waals surface area contributed by atoms with Crippen molar-refractivity contribution >= 4 is 57.4 Å². The maximum atomic E-state index is 14.4. The first-order chi connectivity index (χ1) is 27.6. The van der Waals surface area contributed by atoms with Crippen molar-refractivity contribution in [1.82, 2.24) is 36.2 Å². The van der Waals surface area contributed by atoms with Crippen LogP contribution >= 0.6 is 11.6 Å². The van der Waals surface area contributed by atoms with Gasteiger partial charge in [0.25, 0.3) is 0 Å². The summed E-state index contributed by atoms with van der Waals surface area (Å²) in [6.07, 6.45) is 9.12. The molecule has 1 unspecified atom stereocenters. The normalized spacial score (nSPS) is 13.4. The van der Waals surface area contributed by atoms with E-state index in [2.05, 4.69) is 36.2 Å². The van der Waals surface area contributed by atoms with E-state index in [0.717, 1.165) is 27.5 Å². The summed E-state index contributed by atoms with van der Waals surface area (Å²) in [6, 6.07) is 21.5. The molecule has 6 aromatic rings. The molecule has 0 aliphatic heterocycles. The van der Waals surface area contributed by atoms with Crippen LogP contribution in [0.5, 0.6) is 5.75 Å². The summed E-state index contributed by atoms with van der Waals surface area (Å²) in [5.74, 6) is -1.22. The molecule has 9 N–H and O–H groups in total. The molecule has 0 saturated carbocycles. The lowest BCUT2D eigenvalue weighted by Crippen LogP contribution is -2.63. The number of aromatic nitrogens is 3. The predicted molar refractivity (Wildman–Crippen MR) is 221 cm³/mol. The molecule has 0 spiro atoms. The minimum Gasteiger partial charge on any atom is -0.508 e. The lowest BCUT2D eigenvalue weighted by molar-refractivity contribution is -0.131. The number of carbonyl (C=O) groups is 4. The minimum atomic E-state index is -1.58. The number of aromatic hydroxyl groups is 1. The fourth-order valence-corrected chi connectivity index (χ4v) is 7.08. The van der Waals surface area contributed by atoms with Gasteiger partial charge in [-0.25, -0.2) is 0 Å². The number of pyridine rings is 1. The number of hydrogen-bond donors (Lipinski definition) is 8. The van der Waals surface area contributed by atoms with E-state index in [9.17, 15) is 24.3 Å². The first-order valence-electron chi connectivity index (χ1n) is 18.9. The van der Waals surface area contributed by atoms with E-state index in [1.165, 1.54) is 0 Å². The molecule has 6 rings (SSSR count). The number of phenols is 1. The van der Waals surface area contributed by atoms with E-state index in [1.807, 2.05) is 42.6 Å². The fraction of sp³-hybridized carbons (Fsp3) is 0.279. The summed E-state index contributed by atoms with van der Waals surface area (Å²) in [5.41, 5.74) is 9.14. The zero-order valence-corrected chi connectivity index (χ0v) is 32.1. The monoisotopic (exact) mass is 790 g/mol. The summed E-state index contributed by atoms with van der Waals surface area (Å²) in [6.45, 7) is 0.530. The predicted octanol–water partition coefficient (Wildman–Crippen LogP) is 4.03. The van der Waals surface area contributed by atoms with Crippen molar-refractivity contribution in [3.8, 4) is 5.75 Å². The minimum absolute atomic E-state index is 0.0470. The molecule has 0 aliphatic carbocycles. The maximum absolute atomic E-state index is 14.4. The SMILES string of the molecule is NCCCC(=O)N[C@@H](Cc1c[nH]c2ccc(O)cc12)C(=O)N[C@@](C=O)(CNC(Cc1ccncc1)C(=O)NCCc1c[nH]c2ccccc12)Cc1ccc(Cl)cc1. The number of halogens is 1. The van der Waals surface area contributed by atoms with Gasteiger partial charge in [0.05, 0.1) is 6.04 Å². The van der Waals surface area contributed by atoms with E-state index in [-0.39, 0.29) is 49.8 Å². The van der Waals surface area contributed by atoms with Gasteiger partial charge in [-0.3, -0.25) is 19.4 Å². The Hall–Kier alpha value is -6.02. The number of aromatic amines is 2. The number of nitrogens with zero attached hydrogens (tertiary/aromatic N) is 1. The van der Waals surface area contributed by atoms with Crippen molar-refractivity contribution in [3.63, 3.8) is 0 Å². The Kier molecular flexibility index (Phi) is 13.7. The van der Waals surface area contributed by atoms with Crippen LogP contribution in [0.4, 0.5) is 0 Å².